The number of pyridine rings is 1. The fourth-order valence-corrected chi connectivity index (χ4v) is 3.45. The van der Waals surface area contributed by atoms with Crippen LogP contribution < -0.4 is 10.1 Å². The number of ether oxygens (including phenoxy) is 1. The number of hydrogen-bond donors (Lipinski definition) is 1. The molecule has 2 aromatic carbocycles. The smallest absolute Gasteiger partial charge is 0.419 e. The molecule has 0 aliphatic heterocycles. The van der Waals surface area contributed by atoms with Crippen LogP contribution in [-0.2, 0) is 12.7 Å². The minimum absolute atomic E-state index is 0.0187. The van der Waals surface area contributed by atoms with Crippen LogP contribution in [-0.4, -0.2) is 17.1 Å². The normalized spacial score (nSPS) is 19.2. The Kier molecular flexibility index (Phi) is 5.12. The second-order valence-electron chi connectivity index (χ2n) is 7.05. The van der Waals surface area contributed by atoms with Gasteiger partial charge in [0.15, 0.2) is 0 Å². The highest BCUT2D eigenvalue weighted by atomic mass is 19.4. The average molecular weight is 408 g/mol. The first-order chi connectivity index (χ1) is 13.8. The molecule has 4 rings (SSSR count). The Balaban J connectivity index is 1.34. The lowest BCUT2D eigenvalue weighted by molar-refractivity contribution is -0.140. The number of benzene rings is 2. The van der Waals surface area contributed by atoms with Crippen molar-refractivity contribution < 1.29 is 26.7 Å². The van der Waals surface area contributed by atoms with Crippen molar-refractivity contribution >= 4 is 10.8 Å². The molecule has 0 unspecified atom stereocenters. The van der Waals surface area contributed by atoms with Gasteiger partial charge < -0.3 is 10.1 Å². The van der Waals surface area contributed by atoms with E-state index in [4.69, 9.17) is 4.74 Å². The van der Waals surface area contributed by atoms with Crippen LogP contribution in [0.25, 0.3) is 10.8 Å². The molecule has 3 nitrogen and oxygen atoms in total. The lowest BCUT2D eigenvalue weighted by atomic mass is 9.89. The van der Waals surface area contributed by atoms with Gasteiger partial charge in [-0.1, -0.05) is 0 Å². The zero-order valence-corrected chi connectivity index (χ0v) is 15.1. The average Bonchev–Trinajstić information content (AvgIpc) is 2.65. The molecule has 8 heteroatoms. The molecule has 0 atom stereocenters. The predicted molar refractivity (Wildman–Crippen MR) is 97.4 cm³/mol. The molecule has 0 saturated heterocycles. The first kappa shape index (κ1) is 19.6. The Morgan fingerprint density at radius 1 is 1.03 bits per heavy atom. The fourth-order valence-electron chi connectivity index (χ4n) is 3.45. The van der Waals surface area contributed by atoms with Crippen molar-refractivity contribution in [3.05, 3.63) is 71.6 Å². The van der Waals surface area contributed by atoms with E-state index >= 15 is 0 Å². The molecule has 29 heavy (non-hydrogen) atoms. The number of hydrogen-bond acceptors (Lipinski definition) is 3. The Hall–Kier alpha value is -2.74. The Bertz CT molecular complexity index is 1030. The lowest BCUT2D eigenvalue weighted by Crippen LogP contribution is -2.46. The van der Waals surface area contributed by atoms with Crippen molar-refractivity contribution in [1.29, 1.82) is 0 Å². The number of nitrogens with zero attached hydrogens (tertiary/aromatic N) is 1. The summed E-state index contributed by atoms with van der Waals surface area (Å²) >= 11 is 0. The van der Waals surface area contributed by atoms with Gasteiger partial charge in [0, 0.05) is 35.9 Å². The van der Waals surface area contributed by atoms with E-state index < -0.39 is 17.6 Å². The summed E-state index contributed by atoms with van der Waals surface area (Å²) in [5.74, 6) is -1.66. The van der Waals surface area contributed by atoms with Crippen molar-refractivity contribution in [2.24, 2.45) is 0 Å². The quantitative estimate of drug-likeness (QED) is 0.587. The molecule has 0 bridgehead atoms. The summed E-state index contributed by atoms with van der Waals surface area (Å²) in [7, 11) is 0. The molecular weight excluding hydrogens is 391 g/mol. The van der Waals surface area contributed by atoms with Gasteiger partial charge in [0.05, 0.1) is 5.56 Å². The number of fused-ring (bicyclic) bond motifs is 1. The van der Waals surface area contributed by atoms with Crippen LogP contribution in [0.4, 0.5) is 22.0 Å². The zero-order chi connectivity index (χ0) is 20.6. The first-order valence-corrected chi connectivity index (χ1v) is 9.09. The van der Waals surface area contributed by atoms with Gasteiger partial charge in [-0.3, -0.25) is 4.98 Å². The van der Waals surface area contributed by atoms with E-state index in [1.54, 1.807) is 24.5 Å². The highest BCUT2D eigenvalue weighted by Crippen LogP contribution is 2.35. The summed E-state index contributed by atoms with van der Waals surface area (Å²) in [6, 6.07) is 7.51. The van der Waals surface area contributed by atoms with Crippen molar-refractivity contribution in [1.82, 2.24) is 10.3 Å². The van der Waals surface area contributed by atoms with E-state index in [0.717, 1.165) is 16.8 Å². The lowest BCUT2D eigenvalue weighted by Gasteiger charge is -2.36. The second kappa shape index (κ2) is 7.59. The van der Waals surface area contributed by atoms with E-state index in [1.165, 1.54) is 12.1 Å². The topological polar surface area (TPSA) is 34.1 Å². The van der Waals surface area contributed by atoms with Crippen LogP contribution in [0.1, 0.15) is 24.0 Å². The molecule has 1 aliphatic carbocycles. The SMILES string of the molecule is Fc1ccc(O[C@H]2C[C@H](NCc3c(F)ccc4cnccc34)C2)cc1C(F)(F)F. The Morgan fingerprint density at radius 2 is 1.79 bits per heavy atom. The number of nitrogens with one attached hydrogen (secondary N) is 1. The molecule has 0 amide bonds. The molecule has 0 radical (unpaired) electrons. The highest BCUT2D eigenvalue weighted by molar-refractivity contribution is 5.84. The standard InChI is InChI=1S/C21H17F5N2O/c22-19-3-1-12-10-27-6-5-16(12)17(19)11-28-13-7-15(8-13)29-14-2-4-20(23)18(9-14)21(24,25)26/h1-6,9-10,13,15,28H,7-8,11H2/t13-,15-. The molecule has 1 saturated carbocycles. The molecule has 0 spiro atoms. The first-order valence-electron chi connectivity index (χ1n) is 9.09. The summed E-state index contributed by atoms with van der Waals surface area (Å²) in [6.07, 6.45) is -0.648. The zero-order valence-electron chi connectivity index (χ0n) is 15.1. The summed E-state index contributed by atoms with van der Waals surface area (Å²) in [5, 5.41) is 4.88. The van der Waals surface area contributed by atoms with Gasteiger partial charge in [-0.2, -0.15) is 13.2 Å². The van der Waals surface area contributed by atoms with Crippen molar-refractivity contribution in [3.63, 3.8) is 0 Å². The van der Waals surface area contributed by atoms with Crippen LogP contribution >= 0.6 is 0 Å². The number of aromatic nitrogens is 1. The Labute approximate surface area is 163 Å². The van der Waals surface area contributed by atoms with Gasteiger partial charge in [-0.05, 0) is 54.6 Å². The van der Waals surface area contributed by atoms with E-state index in [1.807, 2.05) is 0 Å². The largest absolute Gasteiger partial charge is 0.490 e. The van der Waals surface area contributed by atoms with Gasteiger partial charge >= 0.3 is 6.18 Å². The van der Waals surface area contributed by atoms with Gasteiger partial charge in [-0.25, -0.2) is 8.78 Å². The maximum absolute atomic E-state index is 14.2. The van der Waals surface area contributed by atoms with E-state index in [-0.39, 0.29) is 23.7 Å². The van der Waals surface area contributed by atoms with Crippen molar-refractivity contribution in [2.75, 3.05) is 0 Å². The summed E-state index contributed by atoms with van der Waals surface area (Å²) in [6.45, 7) is 0.319. The van der Waals surface area contributed by atoms with Crippen molar-refractivity contribution in [3.8, 4) is 5.75 Å². The van der Waals surface area contributed by atoms with E-state index in [2.05, 4.69) is 10.3 Å². The monoisotopic (exact) mass is 408 g/mol. The molecule has 1 fully saturated rings. The number of alkyl halides is 3. The third-order valence-electron chi connectivity index (χ3n) is 5.08. The summed E-state index contributed by atoms with van der Waals surface area (Å²) < 4.78 is 71.5. The van der Waals surface area contributed by atoms with Crippen LogP contribution in [0.3, 0.4) is 0 Å². The van der Waals surface area contributed by atoms with Gasteiger partial charge in [0.25, 0.3) is 0 Å². The predicted octanol–water partition coefficient (Wildman–Crippen LogP) is 5.23. The number of halogens is 5. The highest BCUT2D eigenvalue weighted by Gasteiger charge is 2.35. The van der Waals surface area contributed by atoms with Crippen LogP contribution in [0.2, 0.25) is 0 Å². The van der Waals surface area contributed by atoms with E-state index in [9.17, 15) is 22.0 Å². The molecule has 152 valence electrons. The maximum atomic E-state index is 14.2. The van der Waals surface area contributed by atoms with Crippen molar-refractivity contribution in [2.45, 2.75) is 37.7 Å². The van der Waals surface area contributed by atoms with Gasteiger partial charge in [0.2, 0.25) is 0 Å². The van der Waals surface area contributed by atoms with Crippen LogP contribution in [0.15, 0.2) is 48.8 Å². The third-order valence-corrected chi connectivity index (χ3v) is 5.08. The summed E-state index contributed by atoms with van der Waals surface area (Å²) in [5.41, 5.74) is -0.799. The number of rotatable bonds is 5. The minimum atomic E-state index is -4.77. The molecule has 1 aromatic heterocycles. The third kappa shape index (κ3) is 4.17. The molecular formula is C21H17F5N2O. The molecule has 1 N–H and O–H groups in total. The van der Waals surface area contributed by atoms with E-state index in [0.29, 0.717) is 31.0 Å². The molecule has 3 aromatic rings. The van der Waals surface area contributed by atoms with Gasteiger partial charge in [0.1, 0.15) is 23.5 Å². The molecule has 1 heterocycles. The summed E-state index contributed by atoms with van der Waals surface area (Å²) in [4.78, 5) is 4.03. The Morgan fingerprint density at radius 3 is 2.55 bits per heavy atom. The molecule has 1 aliphatic rings. The van der Waals surface area contributed by atoms with Crippen LogP contribution in [0, 0.1) is 11.6 Å². The second-order valence-corrected chi connectivity index (χ2v) is 7.05. The fraction of sp³-hybridized carbons (Fsp3) is 0.286. The maximum Gasteiger partial charge on any atom is 0.419 e. The van der Waals surface area contributed by atoms with Crippen LogP contribution in [0.5, 0.6) is 5.75 Å². The van der Waals surface area contributed by atoms with Gasteiger partial charge in [-0.15, -0.1) is 0 Å². The minimum Gasteiger partial charge on any atom is -0.490 e.